The molecular weight excluding hydrogens is 390 g/mol. The zero-order valence-electron chi connectivity index (χ0n) is 15.8. The predicted molar refractivity (Wildman–Crippen MR) is 112 cm³/mol. The van der Waals surface area contributed by atoms with Gasteiger partial charge in [-0.05, 0) is 42.2 Å². The van der Waals surface area contributed by atoms with Gasteiger partial charge in [0.15, 0.2) is 0 Å². The second kappa shape index (κ2) is 10.4. The maximum absolute atomic E-state index is 12.9. The van der Waals surface area contributed by atoms with E-state index < -0.39 is 0 Å². The number of carbonyl (C=O) groups excluding carboxylic acids is 1. The molecule has 0 spiro atoms. The molecule has 0 aliphatic rings. The number of hydrogen-bond acceptors (Lipinski definition) is 2. The second-order valence-corrected chi connectivity index (χ2v) is 7.66. The van der Waals surface area contributed by atoms with E-state index in [1.807, 2.05) is 42.5 Å². The number of hydrogen-bond donors (Lipinski definition) is 1. The number of unbranched alkanes of at least 4 members (excludes halogenated alkanes) is 3. The summed E-state index contributed by atoms with van der Waals surface area (Å²) >= 11 is 3.45. The Kier molecular flexibility index (Phi) is 8.17. The number of anilines is 1. The number of nitrogens with one attached hydrogen (secondary N) is 1. The number of halogens is 1. The Bertz CT molecular complexity index is 728. The van der Waals surface area contributed by atoms with Gasteiger partial charge in [0, 0.05) is 10.2 Å². The highest BCUT2D eigenvalue weighted by Crippen LogP contribution is 2.27. The second-order valence-electron chi connectivity index (χ2n) is 6.75. The Labute approximate surface area is 165 Å². The van der Waals surface area contributed by atoms with Crippen LogP contribution in [0, 0.1) is 0 Å². The molecule has 0 atom stereocenters. The number of amides is 1. The summed E-state index contributed by atoms with van der Waals surface area (Å²) in [6.45, 7) is 7.06. The van der Waals surface area contributed by atoms with Crippen molar-refractivity contribution in [3.05, 3.63) is 58.1 Å². The highest BCUT2D eigenvalue weighted by Gasteiger charge is 2.16. The van der Waals surface area contributed by atoms with E-state index in [4.69, 9.17) is 4.74 Å². The van der Waals surface area contributed by atoms with E-state index in [1.54, 1.807) is 0 Å². The van der Waals surface area contributed by atoms with Crippen LogP contribution in [0.5, 0.6) is 5.75 Å². The molecule has 0 fully saturated rings. The van der Waals surface area contributed by atoms with Gasteiger partial charge in [-0.15, -0.1) is 0 Å². The molecule has 0 aromatic heterocycles. The predicted octanol–water partition coefficient (Wildman–Crippen LogP) is 6.78. The summed E-state index contributed by atoms with van der Waals surface area (Å²) in [5, 5.41) is 3.05. The van der Waals surface area contributed by atoms with Crippen LogP contribution in [0.4, 0.5) is 5.69 Å². The van der Waals surface area contributed by atoms with Crippen molar-refractivity contribution < 1.29 is 9.53 Å². The van der Waals surface area contributed by atoms with Crippen LogP contribution in [0.2, 0.25) is 0 Å². The first kappa shape index (κ1) is 20.5. The van der Waals surface area contributed by atoms with Crippen molar-refractivity contribution in [1.29, 1.82) is 0 Å². The fraction of sp³-hybridized carbons (Fsp3) is 0.409. The van der Waals surface area contributed by atoms with Crippen LogP contribution in [0.3, 0.4) is 0 Å². The van der Waals surface area contributed by atoms with E-state index in [9.17, 15) is 4.79 Å². The first-order valence-electron chi connectivity index (χ1n) is 9.35. The van der Waals surface area contributed by atoms with E-state index in [2.05, 4.69) is 42.0 Å². The largest absolute Gasteiger partial charge is 0.493 e. The summed E-state index contributed by atoms with van der Waals surface area (Å²) < 4.78 is 6.75. The number of benzene rings is 2. The average Bonchev–Trinajstić information content (AvgIpc) is 2.62. The van der Waals surface area contributed by atoms with Gasteiger partial charge in [0.1, 0.15) is 5.75 Å². The van der Waals surface area contributed by atoms with Crippen molar-refractivity contribution in [3.63, 3.8) is 0 Å². The van der Waals surface area contributed by atoms with Crippen LogP contribution >= 0.6 is 15.9 Å². The van der Waals surface area contributed by atoms with Gasteiger partial charge in [-0.3, -0.25) is 4.79 Å². The average molecular weight is 418 g/mol. The molecule has 140 valence electrons. The Morgan fingerprint density at radius 1 is 1.12 bits per heavy atom. The summed E-state index contributed by atoms with van der Waals surface area (Å²) in [7, 11) is 0. The van der Waals surface area contributed by atoms with Crippen LogP contribution in [-0.4, -0.2) is 12.5 Å². The first-order valence-corrected chi connectivity index (χ1v) is 10.1. The Morgan fingerprint density at radius 2 is 1.88 bits per heavy atom. The molecule has 1 amide bonds. The zero-order valence-corrected chi connectivity index (χ0v) is 17.4. The first-order chi connectivity index (χ1) is 12.5. The summed E-state index contributed by atoms with van der Waals surface area (Å²) in [5.41, 5.74) is 2.52. The maximum atomic E-state index is 12.9. The van der Waals surface area contributed by atoms with Crippen LogP contribution in [-0.2, 0) is 0 Å². The van der Waals surface area contributed by atoms with E-state index in [1.165, 1.54) is 12.8 Å². The fourth-order valence-electron chi connectivity index (χ4n) is 2.82. The summed E-state index contributed by atoms with van der Waals surface area (Å²) in [4.78, 5) is 12.9. The molecule has 0 unspecified atom stereocenters. The van der Waals surface area contributed by atoms with Crippen LogP contribution < -0.4 is 10.1 Å². The fourth-order valence-corrected chi connectivity index (χ4v) is 3.18. The SMILES string of the molecule is CCCCCCOc1ccc(Br)cc1C(=O)Nc1ccccc1C(C)C. The summed E-state index contributed by atoms with van der Waals surface area (Å²) in [6, 6.07) is 13.5. The third-order valence-electron chi connectivity index (χ3n) is 4.27. The lowest BCUT2D eigenvalue weighted by Crippen LogP contribution is -2.15. The molecule has 1 N–H and O–H groups in total. The third kappa shape index (κ3) is 5.87. The van der Waals surface area contributed by atoms with E-state index in [0.717, 1.165) is 28.6 Å². The molecule has 3 nitrogen and oxygen atoms in total. The Morgan fingerprint density at radius 3 is 2.62 bits per heavy atom. The van der Waals surface area contributed by atoms with Gasteiger partial charge < -0.3 is 10.1 Å². The van der Waals surface area contributed by atoms with Crippen LogP contribution in [0.1, 0.15) is 68.3 Å². The molecule has 0 aliphatic carbocycles. The molecule has 2 aromatic carbocycles. The molecule has 0 saturated heterocycles. The normalized spacial score (nSPS) is 10.8. The highest BCUT2D eigenvalue weighted by atomic mass is 79.9. The van der Waals surface area contributed by atoms with Crippen molar-refractivity contribution in [2.24, 2.45) is 0 Å². The molecule has 0 radical (unpaired) electrons. The number of rotatable bonds is 9. The van der Waals surface area contributed by atoms with Crippen molar-refractivity contribution in [2.45, 2.75) is 52.4 Å². The zero-order chi connectivity index (χ0) is 18.9. The van der Waals surface area contributed by atoms with Gasteiger partial charge in [0.05, 0.1) is 12.2 Å². The molecule has 2 rings (SSSR count). The molecule has 4 heteroatoms. The van der Waals surface area contributed by atoms with E-state index in [-0.39, 0.29) is 5.91 Å². The van der Waals surface area contributed by atoms with Crippen molar-refractivity contribution in [3.8, 4) is 5.75 Å². The van der Waals surface area contributed by atoms with Gasteiger partial charge in [-0.2, -0.15) is 0 Å². The van der Waals surface area contributed by atoms with Gasteiger partial charge >= 0.3 is 0 Å². The number of carbonyl (C=O) groups is 1. The minimum Gasteiger partial charge on any atom is -0.493 e. The van der Waals surface area contributed by atoms with Crippen molar-refractivity contribution in [1.82, 2.24) is 0 Å². The smallest absolute Gasteiger partial charge is 0.259 e. The van der Waals surface area contributed by atoms with Gasteiger partial charge in [0.25, 0.3) is 5.91 Å². The Hall–Kier alpha value is -1.81. The lowest BCUT2D eigenvalue weighted by molar-refractivity contribution is 0.102. The quantitative estimate of drug-likeness (QED) is 0.456. The van der Waals surface area contributed by atoms with Gasteiger partial charge in [-0.1, -0.05) is 74.2 Å². The molecule has 0 bridgehead atoms. The lowest BCUT2D eigenvalue weighted by Gasteiger charge is -2.16. The maximum Gasteiger partial charge on any atom is 0.259 e. The van der Waals surface area contributed by atoms with Crippen molar-refractivity contribution in [2.75, 3.05) is 11.9 Å². The molecule has 0 heterocycles. The third-order valence-corrected chi connectivity index (χ3v) is 4.77. The van der Waals surface area contributed by atoms with Crippen LogP contribution in [0.25, 0.3) is 0 Å². The molecular formula is C22H28BrNO2. The monoisotopic (exact) mass is 417 g/mol. The molecule has 2 aromatic rings. The number of para-hydroxylation sites is 1. The number of ether oxygens (including phenoxy) is 1. The van der Waals surface area contributed by atoms with Crippen LogP contribution in [0.15, 0.2) is 46.9 Å². The summed E-state index contributed by atoms with van der Waals surface area (Å²) in [5.74, 6) is 0.815. The van der Waals surface area contributed by atoms with Gasteiger partial charge in [0.2, 0.25) is 0 Å². The topological polar surface area (TPSA) is 38.3 Å². The summed E-state index contributed by atoms with van der Waals surface area (Å²) in [6.07, 6.45) is 4.56. The van der Waals surface area contributed by atoms with Gasteiger partial charge in [-0.25, -0.2) is 0 Å². The minimum absolute atomic E-state index is 0.150. The minimum atomic E-state index is -0.150. The standard InChI is InChI=1S/C22H28BrNO2/c1-4-5-6-9-14-26-21-13-12-17(23)15-19(21)22(25)24-20-11-8-7-10-18(20)16(2)3/h7-8,10-13,15-16H,4-6,9,14H2,1-3H3,(H,24,25). The highest BCUT2D eigenvalue weighted by molar-refractivity contribution is 9.10. The van der Waals surface area contributed by atoms with E-state index in [0.29, 0.717) is 23.8 Å². The van der Waals surface area contributed by atoms with Crippen molar-refractivity contribution >= 4 is 27.5 Å². The Balaban J connectivity index is 2.14. The molecule has 26 heavy (non-hydrogen) atoms. The molecule has 0 saturated carbocycles. The molecule has 0 aliphatic heterocycles. The lowest BCUT2D eigenvalue weighted by atomic mass is 10.0. The van der Waals surface area contributed by atoms with E-state index >= 15 is 0 Å².